The van der Waals surface area contributed by atoms with Crippen LogP contribution >= 0.6 is 0 Å². The highest BCUT2D eigenvalue weighted by Crippen LogP contribution is 2.37. The summed E-state index contributed by atoms with van der Waals surface area (Å²) in [4.78, 5) is 4.84. The Hall–Kier alpha value is -1.11. The third kappa shape index (κ3) is 2.15. The molecule has 0 aromatic heterocycles. The van der Waals surface area contributed by atoms with Crippen LogP contribution in [0.3, 0.4) is 0 Å². The first-order valence-corrected chi connectivity index (χ1v) is 6.51. The van der Waals surface area contributed by atoms with Crippen LogP contribution in [-0.4, -0.2) is 5.71 Å². The van der Waals surface area contributed by atoms with Gasteiger partial charge in [0.15, 0.2) is 0 Å². The molecule has 17 heavy (non-hydrogen) atoms. The van der Waals surface area contributed by atoms with Crippen LogP contribution in [0.25, 0.3) is 0 Å². The van der Waals surface area contributed by atoms with Crippen molar-refractivity contribution in [2.75, 3.05) is 0 Å². The molecule has 0 saturated carbocycles. The Morgan fingerprint density at radius 3 is 2.35 bits per heavy atom. The largest absolute Gasteiger partial charge is 0.257 e. The summed E-state index contributed by atoms with van der Waals surface area (Å²) in [6, 6.07) is 4.55. The third-order valence-corrected chi connectivity index (χ3v) is 3.62. The Kier molecular flexibility index (Phi) is 2.89. The Balaban J connectivity index is 2.52. The van der Waals surface area contributed by atoms with Crippen LogP contribution in [0.4, 0.5) is 5.69 Å². The van der Waals surface area contributed by atoms with Crippen molar-refractivity contribution >= 4 is 11.4 Å². The van der Waals surface area contributed by atoms with Crippen molar-refractivity contribution < 1.29 is 0 Å². The van der Waals surface area contributed by atoms with E-state index in [1.807, 2.05) is 0 Å². The highest BCUT2D eigenvalue weighted by atomic mass is 14.8. The van der Waals surface area contributed by atoms with E-state index in [0.717, 1.165) is 6.42 Å². The zero-order chi connectivity index (χ0) is 12.8. The summed E-state index contributed by atoms with van der Waals surface area (Å²) in [6.07, 6.45) is 1.04. The molecule has 1 nitrogen and oxygen atoms in total. The number of benzene rings is 1. The van der Waals surface area contributed by atoms with Crippen molar-refractivity contribution in [1.82, 2.24) is 0 Å². The van der Waals surface area contributed by atoms with E-state index in [4.69, 9.17) is 4.99 Å². The van der Waals surface area contributed by atoms with E-state index in [0.29, 0.717) is 5.92 Å². The monoisotopic (exact) mass is 229 g/mol. The van der Waals surface area contributed by atoms with Crippen molar-refractivity contribution in [3.63, 3.8) is 0 Å². The minimum absolute atomic E-state index is 0.204. The van der Waals surface area contributed by atoms with E-state index in [9.17, 15) is 0 Å². The smallest absolute Gasteiger partial charge is 0.0697 e. The molecule has 0 saturated heterocycles. The molecule has 0 radical (unpaired) electrons. The van der Waals surface area contributed by atoms with Crippen molar-refractivity contribution in [2.45, 2.75) is 53.4 Å². The fourth-order valence-electron chi connectivity index (χ4n) is 2.58. The lowest BCUT2D eigenvalue weighted by atomic mass is 9.82. The number of hydrogen-bond acceptors (Lipinski definition) is 1. The lowest BCUT2D eigenvalue weighted by molar-refractivity contribution is 0.586. The van der Waals surface area contributed by atoms with Gasteiger partial charge in [0.2, 0.25) is 0 Å². The molecule has 1 aromatic rings. The van der Waals surface area contributed by atoms with Crippen LogP contribution < -0.4 is 0 Å². The summed E-state index contributed by atoms with van der Waals surface area (Å²) in [7, 11) is 0. The molecule has 0 unspecified atom stereocenters. The maximum absolute atomic E-state index is 4.84. The summed E-state index contributed by atoms with van der Waals surface area (Å²) in [5, 5.41) is 0. The molecule has 1 aromatic carbocycles. The normalized spacial score (nSPS) is 15.1. The predicted octanol–water partition coefficient (Wildman–Crippen LogP) is 4.58. The predicted molar refractivity (Wildman–Crippen MR) is 75.5 cm³/mol. The fourth-order valence-corrected chi connectivity index (χ4v) is 2.58. The van der Waals surface area contributed by atoms with Gasteiger partial charge in [-0.1, -0.05) is 46.8 Å². The number of fused-ring (bicyclic) bond motifs is 1. The standard InChI is InChI=1S/C16H23N/c1-10(2)14-9-12-7-8-13(16(4,5)6)11(3)15(12)17-14/h7-8,10H,9H2,1-6H3. The number of nitrogens with zero attached hydrogens (tertiary/aromatic N) is 1. The molecule has 1 aliphatic rings. The molecule has 0 bridgehead atoms. The molecule has 0 spiro atoms. The maximum Gasteiger partial charge on any atom is 0.0697 e. The molecule has 1 heteroatoms. The minimum Gasteiger partial charge on any atom is -0.257 e. The lowest BCUT2D eigenvalue weighted by Gasteiger charge is -2.22. The van der Waals surface area contributed by atoms with Gasteiger partial charge in [-0.3, -0.25) is 4.99 Å². The van der Waals surface area contributed by atoms with Crippen molar-refractivity contribution in [1.29, 1.82) is 0 Å². The van der Waals surface area contributed by atoms with Crippen LogP contribution in [-0.2, 0) is 11.8 Å². The van der Waals surface area contributed by atoms with E-state index in [1.165, 1.54) is 28.1 Å². The molecule has 0 amide bonds. The van der Waals surface area contributed by atoms with Gasteiger partial charge in [-0.15, -0.1) is 0 Å². The molecule has 92 valence electrons. The molecule has 0 N–H and O–H groups in total. The van der Waals surface area contributed by atoms with Crippen molar-refractivity contribution in [3.05, 3.63) is 28.8 Å². The summed E-state index contributed by atoms with van der Waals surface area (Å²) in [5.41, 5.74) is 6.96. The molecule has 2 rings (SSSR count). The topological polar surface area (TPSA) is 12.4 Å². The van der Waals surface area contributed by atoms with Crippen LogP contribution in [0, 0.1) is 12.8 Å². The van der Waals surface area contributed by atoms with E-state index < -0.39 is 0 Å². The van der Waals surface area contributed by atoms with E-state index >= 15 is 0 Å². The first kappa shape index (κ1) is 12.3. The first-order chi connectivity index (χ1) is 7.80. The molecule has 1 heterocycles. The zero-order valence-electron chi connectivity index (χ0n) is 11.9. The second-order valence-corrected chi connectivity index (χ2v) is 6.43. The van der Waals surface area contributed by atoms with Gasteiger partial charge in [0.1, 0.15) is 0 Å². The van der Waals surface area contributed by atoms with Gasteiger partial charge in [0.05, 0.1) is 5.69 Å². The van der Waals surface area contributed by atoms with Crippen molar-refractivity contribution in [3.8, 4) is 0 Å². The van der Waals surface area contributed by atoms with E-state index in [1.54, 1.807) is 0 Å². The quantitative estimate of drug-likeness (QED) is 0.668. The Labute approximate surface area is 105 Å². The number of hydrogen-bond donors (Lipinski definition) is 0. The molecule has 1 aliphatic heterocycles. The first-order valence-electron chi connectivity index (χ1n) is 6.51. The summed E-state index contributed by atoms with van der Waals surface area (Å²) in [6.45, 7) is 13.5. The van der Waals surface area contributed by atoms with E-state index in [2.05, 4.69) is 53.7 Å². The second-order valence-electron chi connectivity index (χ2n) is 6.43. The van der Waals surface area contributed by atoms with Crippen LogP contribution in [0.5, 0.6) is 0 Å². The Morgan fingerprint density at radius 2 is 1.82 bits per heavy atom. The SMILES string of the molecule is Cc1c(C(C)(C)C)ccc2c1N=C(C(C)C)C2. The van der Waals surface area contributed by atoms with Gasteiger partial charge in [0, 0.05) is 12.1 Å². The van der Waals surface area contributed by atoms with Crippen LogP contribution in [0.15, 0.2) is 17.1 Å². The van der Waals surface area contributed by atoms with Gasteiger partial charge in [-0.05, 0) is 34.9 Å². The Bertz CT molecular complexity index is 473. The zero-order valence-corrected chi connectivity index (χ0v) is 11.9. The van der Waals surface area contributed by atoms with Gasteiger partial charge in [-0.25, -0.2) is 0 Å². The number of rotatable bonds is 1. The second kappa shape index (κ2) is 3.97. The van der Waals surface area contributed by atoms with Crippen LogP contribution in [0.2, 0.25) is 0 Å². The third-order valence-electron chi connectivity index (χ3n) is 3.62. The summed E-state index contributed by atoms with van der Waals surface area (Å²) >= 11 is 0. The van der Waals surface area contributed by atoms with Gasteiger partial charge in [0.25, 0.3) is 0 Å². The lowest BCUT2D eigenvalue weighted by Crippen LogP contribution is -2.13. The summed E-state index contributed by atoms with van der Waals surface area (Å²) in [5.74, 6) is 0.555. The molecular formula is C16H23N. The average Bonchev–Trinajstić information content (AvgIpc) is 2.60. The van der Waals surface area contributed by atoms with Gasteiger partial charge in [-0.2, -0.15) is 0 Å². The van der Waals surface area contributed by atoms with Crippen LogP contribution in [0.1, 0.15) is 51.3 Å². The minimum atomic E-state index is 0.204. The maximum atomic E-state index is 4.84. The van der Waals surface area contributed by atoms with Gasteiger partial charge < -0.3 is 0 Å². The molecule has 0 aliphatic carbocycles. The van der Waals surface area contributed by atoms with Crippen molar-refractivity contribution in [2.24, 2.45) is 10.9 Å². The van der Waals surface area contributed by atoms with Gasteiger partial charge >= 0.3 is 0 Å². The average molecular weight is 229 g/mol. The molecular weight excluding hydrogens is 206 g/mol. The molecule has 0 fully saturated rings. The fraction of sp³-hybridized carbons (Fsp3) is 0.562. The Morgan fingerprint density at radius 1 is 1.18 bits per heavy atom. The summed E-state index contributed by atoms with van der Waals surface area (Å²) < 4.78 is 0. The highest BCUT2D eigenvalue weighted by molar-refractivity contribution is 5.96. The molecule has 0 atom stereocenters. The number of aliphatic imine (C=N–C) groups is 1. The van der Waals surface area contributed by atoms with E-state index in [-0.39, 0.29) is 5.41 Å². The highest BCUT2D eigenvalue weighted by Gasteiger charge is 2.23.